The Morgan fingerprint density at radius 3 is 2.36 bits per heavy atom. The smallest absolute Gasteiger partial charge is 0.193 e. The topological polar surface area (TPSA) is 66.2 Å². The molecule has 0 fully saturated rings. The SMILES string of the molecule is CCc1cccc(CC)c1NC(N)=NCc1cc2ccccc2[nH]1.I. The number of nitrogens with two attached hydrogens (primary N) is 1. The van der Waals surface area contributed by atoms with Crippen LogP contribution in [0.5, 0.6) is 0 Å². The van der Waals surface area contributed by atoms with Gasteiger partial charge >= 0.3 is 0 Å². The van der Waals surface area contributed by atoms with Gasteiger partial charge in [-0.05, 0) is 41.5 Å². The fourth-order valence-corrected chi connectivity index (χ4v) is 2.96. The number of benzene rings is 2. The number of halogens is 1. The number of hydrogen-bond acceptors (Lipinski definition) is 1. The summed E-state index contributed by atoms with van der Waals surface area (Å²) in [6, 6.07) is 16.7. The molecule has 0 aliphatic rings. The Bertz CT molecular complexity index is 812. The van der Waals surface area contributed by atoms with Gasteiger partial charge < -0.3 is 16.0 Å². The zero-order valence-electron chi connectivity index (χ0n) is 14.7. The van der Waals surface area contributed by atoms with Crippen LogP contribution in [0.3, 0.4) is 0 Å². The minimum Gasteiger partial charge on any atom is -0.370 e. The summed E-state index contributed by atoms with van der Waals surface area (Å²) in [4.78, 5) is 7.86. The van der Waals surface area contributed by atoms with Crippen molar-refractivity contribution in [2.24, 2.45) is 10.7 Å². The van der Waals surface area contributed by atoms with Crippen molar-refractivity contribution in [3.63, 3.8) is 0 Å². The van der Waals surface area contributed by atoms with E-state index in [0.717, 1.165) is 29.7 Å². The molecule has 0 radical (unpaired) electrons. The summed E-state index contributed by atoms with van der Waals surface area (Å²) < 4.78 is 0. The first kappa shape index (κ1) is 19.3. The van der Waals surface area contributed by atoms with Gasteiger partial charge in [-0.2, -0.15) is 0 Å². The molecular formula is C20H25IN4. The van der Waals surface area contributed by atoms with Crippen molar-refractivity contribution in [1.29, 1.82) is 0 Å². The molecule has 2 aromatic carbocycles. The summed E-state index contributed by atoms with van der Waals surface area (Å²) >= 11 is 0. The molecule has 0 bridgehead atoms. The van der Waals surface area contributed by atoms with Gasteiger partial charge in [0.05, 0.1) is 6.54 Å². The third-order valence-electron chi connectivity index (χ3n) is 4.26. The lowest BCUT2D eigenvalue weighted by molar-refractivity contribution is 1.01. The Hall–Kier alpha value is -2.02. The average Bonchev–Trinajstić information content (AvgIpc) is 3.03. The highest BCUT2D eigenvalue weighted by atomic mass is 127. The maximum absolute atomic E-state index is 6.12. The molecule has 4 N–H and O–H groups in total. The zero-order chi connectivity index (χ0) is 16.9. The molecule has 132 valence electrons. The van der Waals surface area contributed by atoms with Crippen molar-refractivity contribution in [3.05, 3.63) is 65.4 Å². The summed E-state index contributed by atoms with van der Waals surface area (Å²) in [5.74, 6) is 0.448. The van der Waals surface area contributed by atoms with E-state index in [1.807, 2.05) is 12.1 Å². The molecule has 3 rings (SSSR count). The van der Waals surface area contributed by atoms with Crippen LogP contribution in [0, 0.1) is 0 Å². The fourth-order valence-electron chi connectivity index (χ4n) is 2.96. The summed E-state index contributed by atoms with van der Waals surface area (Å²) in [6.07, 6.45) is 1.93. The maximum Gasteiger partial charge on any atom is 0.193 e. The molecule has 0 aliphatic carbocycles. The lowest BCUT2D eigenvalue weighted by atomic mass is 10.0. The van der Waals surface area contributed by atoms with Crippen LogP contribution in [0.2, 0.25) is 0 Å². The zero-order valence-corrected chi connectivity index (χ0v) is 17.0. The molecular weight excluding hydrogens is 423 g/mol. The number of anilines is 1. The third-order valence-corrected chi connectivity index (χ3v) is 4.26. The van der Waals surface area contributed by atoms with E-state index in [2.05, 4.69) is 65.5 Å². The number of H-pyrrole nitrogens is 1. The predicted octanol–water partition coefficient (Wildman–Crippen LogP) is 4.84. The van der Waals surface area contributed by atoms with Crippen LogP contribution < -0.4 is 11.1 Å². The number of nitrogens with one attached hydrogen (secondary N) is 2. The lowest BCUT2D eigenvalue weighted by Gasteiger charge is -2.14. The molecule has 0 amide bonds. The van der Waals surface area contributed by atoms with Crippen LogP contribution >= 0.6 is 24.0 Å². The molecule has 0 aliphatic heterocycles. The average molecular weight is 448 g/mol. The Balaban J connectivity index is 0.00000225. The van der Waals surface area contributed by atoms with Gasteiger partial charge in [-0.25, -0.2) is 4.99 Å². The second-order valence-electron chi connectivity index (χ2n) is 5.87. The number of aryl methyl sites for hydroxylation is 2. The molecule has 5 heteroatoms. The first-order valence-electron chi connectivity index (χ1n) is 8.45. The highest BCUT2D eigenvalue weighted by molar-refractivity contribution is 14.0. The maximum atomic E-state index is 6.12. The quantitative estimate of drug-likeness (QED) is 0.297. The van der Waals surface area contributed by atoms with E-state index in [-0.39, 0.29) is 24.0 Å². The van der Waals surface area contributed by atoms with E-state index in [0.29, 0.717) is 12.5 Å². The van der Waals surface area contributed by atoms with Crippen LogP contribution in [0.25, 0.3) is 10.9 Å². The summed E-state index contributed by atoms with van der Waals surface area (Å²) in [5, 5.41) is 4.49. The van der Waals surface area contributed by atoms with Gasteiger partial charge in [0.1, 0.15) is 0 Å². The molecule has 0 saturated carbocycles. The van der Waals surface area contributed by atoms with Gasteiger partial charge in [0.25, 0.3) is 0 Å². The van der Waals surface area contributed by atoms with Gasteiger partial charge in [-0.3, -0.25) is 0 Å². The highest BCUT2D eigenvalue weighted by Gasteiger charge is 2.07. The van der Waals surface area contributed by atoms with E-state index in [4.69, 9.17) is 5.73 Å². The van der Waals surface area contributed by atoms with Crippen molar-refractivity contribution in [2.75, 3.05) is 5.32 Å². The number of rotatable bonds is 5. The normalized spacial score (nSPS) is 11.4. The summed E-state index contributed by atoms with van der Waals surface area (Å²) in [5.41, 5.74) is 11.9. The molecule has 4 nitrogen and oxygen atoms in total. The highest BCUT2D eigenvalue weighted by Crippen LogP contribution is 2.22. The lowest BCUT2D eigenvalue weighted by Crippen LogP contribution is -2.24. The van der Waals surface area contributed by atoms with Gasteiger partial charge in [-0.1, -0.05) is 50.2 Å². The van der Waals surface area contributed by atoms with Crippen LogP contribution in [0.1, 0.15) is 30.7 Å². The van der Waals surface area contributed by atoms with Gasteiger partial charge in [0, 0.05) is 16.9 Å². The number of hydrogen-bond donors (Lipinski definition) is 3. The van der Waals surface area contributed by atoms with Crippen LogP contribution in [0.15, 0.2) is 53.5 Å². The van der Waals surface area contributed by atoms with Gasteiger partial charge in [0.2, 0.25) is 0 Å². The number of aromatic nitrogens is 1. The first-order chi connectivity index (χ1) is 11.7. The van der Waals surface area contributed by atoms with Crippen molar-refractivity contribution in [3.8, 4) is 0 Å². The van der Waals surface area contributed by atoms with Crippen LogP contribution in [-0.2, 0) is 19.4 Å². The number of guanidine groups is 1. The molecule has 0 saturated heterocycles. The van der Waals surface area contributed by atoms with Gasteiger partial charge in [0.15, 0.2) is 5.96 Å². The van der Waals surface area contributed by atoms with E-state index >= 15 is 0 Å². The standard InChI is InChI=1S/C20H24N4.HI/c1-3-14-9-7-10-15(4-2)19(14)24-20(21)22-13-17-12-16-8-5-6-11-18(16)23-17;/h5-12,23H,3-4,13H2,1-2H3,(H3,21,22,24);1H. The Morgan fingerprint density at radius 1 is 1.04 bits per heavy atom. The Kier molecular flexibility index (Phi) is 6.87. The second-order valence-corrected chi connectivity index (χ2v) is 5.87. The number of para-hydroxylation sites is 2. The van der Waals surface area contributed by atoms with Crippen LogP contribution in [0.4, 0.5) is 5.69 Å². The largest absolute Gasteiger partial charge is 0.370 e. The van der Waals surface area contributed by atoms with E-state index < -0.39 is 0 Å². The van der Waals surface area contributed by atoms with Gasteiger partial charge in [-0.15, -0.1) is 24.0 Å². The molecule has 0 atom stereocenters. The summed E-state index contributed by atoms with van der Waals surface area (Å²) in [7, 11) is 0. The Morgan fingerprint density at radius 2 is 1.72 bits per heavy atom. The molecule has 3 aromatic rings. The van der Waals surface area contributed by atoms with E-state index in [9.17, 15) is 0 Å². The van der Waals surface area contributed by atoms with Crippen molar-refractivity contribution in [1.82, 2.24) is 4.98 Å². The van der Waals surface area contributed by atoms with E-state index in [1.165, 1.54) is 16.5 Å². The van der Waals surface area contributed by atoms with E-state index in [1.54, 1.807) is 0 Å². The first-order valence-corrected chi connectivity index (χ1v) is 8.45. The number of aliphatic imine (C=N–C) groups is 1. The monoisotopic (exact) mass is 448 g/mol. The molecule has 0 spiro atoms. The number of aromatic amines is 1. The Labute approximate surface area is 165 Å². The number of fused-ring (bicyclic) bond motifs is 1. The molecule has 0 unspecified atom stereocenters. The van der Waals surface area contributed by atoms with Crippen molar-refractivity contribution in [2.45, 2.75) is 33.2 Å². The van der Waals surface area contributed by atoms with Crippen molar-refractivity contribution >= 4 is 46.5 Å². The second kappa shape index (κ2) is 8.89. The number of nitrogens with zero attached hydrogens (tertiary/aromatic N) is 1. The van der Waals surface area contributed by atoms with Crippen molar-refractivity contribution < 1.29 is 0 Å². The summed E-state index contributed by atoms with van der Waals surface area (Å²) in [6.45, 7) is 4.83. The fraction of sp³-hybridized carbons (Fsp3) is 0.250. The molecule has 1 heterocycles. The molecule has 1 aromatic heterocycles. The third kappa shape index (κ3) is 4.54. The minimum absolute atomic E-state index is 0. The molecule has 25 heavy (non-hydrogen) atoms. The minimum atomic E-state index is 0. The predicted molar refractivity (Wildman–Crippen MR) is 118 cm³/mol. The van der Waals surface area contributed by atoms with Crippen LogP contribution in [-0.4, -0.2) is 10.9 Å².